The average molecular weight is 263 g/mol. The summed E-state index contributed by atoms with van der Waals surface area (Å²) in [6, 6.07) is 10.2. The van der Waals surface area contributed by atoms with Crippen molar-refractivity contribution in [1.29, 1.82) is 5.26 Å². The smallest absolute Gasteiger partial charge is 0.220 e. The first-order chi connectivity index (χ1) is 9.66. The number of ether oxygens (including phenoxy) is 1. The number of pyridine rings is 1. The average Bonchev–Trinajstić information content (AvgIpc) is 2.89. The van der Waals surface area contributed by atoms with E-state index in [-0.39, 0.29) is 11.6 Å². The highest BCUT2D eigenvalue weighted by molar-refractivity contribution is 5.72. The predicted molar refractivity (Wildman–Crippen MR) is 74.6 cm³/mol. The Kier molecular flexibility index (Phi) is 1.99. The van der Waals surface area contributed by atoms with Crippen molar-refractivity contribution in [3.8, 4) is 11.9 Å². The Balaban J connectivity index is 2.05. The van der Waals surface area contributed by atoms with Gasteiger partial charge >= 0.3 is 0 Å². The van der Waals surface area contributed by atoms with Crippen LogP contribution in [0.25, 0.3) is 0 Å². The van der Waals surface area contributed by atoms with Gasteiger partial charge in [0.2, 0.25) is 5.88 Å². The molecular weight excluding hydrogens is 250 g/mol. The van der Waals surface area contributed by atoms with Crippen molar-refractivity contribution in [1.82, 2.24) is 4.98 Å². The molecule has 2 aliphatic heterocycles. The predicted octanol–water partition coefficient (Wildman–Crippen LogP) is 2.71. The number of hydrogen-bond acceptors (Lipinski definition) is 4. The monoisotopic (exact) mass is 263 g/mol. The molecule has 0 unspecified atom stereocenters. The van der Waals surface area contributed by atoms with E-state index in [1.165, 1.54) is 11.1 Å². The van der Waals surface area contributed by atoms with E-state index in [1.807, 2.05) is 6.07 Å². The van der Waals surface area contributed by atoms with E-state index in [0.29, 0.717) is 11.4 Å². The quantitative estimate of drug-likeness (QED) is 0.794. The van der Waals surface area contributed by atoms with Crippen molar-refractivity contribution < 1.29 is 4.74 Å². The van der Waals surface area contributed by atoms with Crippen LogP contribution in [0.3, 0.4) is 0 Å². The second-order valence-corrected chi connectivity index (χ2v) is 5.49. The molecule has 4 nitrogen and oxygen atoms in total. The maximum absolute atomic E-state index is 9.39. The molecule has 1 aromatic heterocycles. The molecule has 0 bridgehead atoms. The minimum atomic E-state index is -0.365. The number of nitrogens with one attached hydrogen (secondary N) is 1. The van der Waals surface area contributed by atoms with E-state index in [4.69, 9.17) is 4.74 Å². The Morgan fingerprint density at radius 3 is 3.05 bits per heavy atom. The Labute approximate surface area is 117 Å². The second-order valence-electron chi connectivity index (χ2n) is 5.49. The normalized spacial score (nSPS) is 24.9. The zero-order chi connectivity index (χ0) is 13.9. The summed E-state index contributed by atoms with van der Waals surface area (Å²) in [6.45, 7) is 4.19. The molecule has 1 aromatic carbocycles. The van der Waals surface area contributed by atoms with Crippen LogP contribution < -0.4 is 10.1 Å². The minimum absolute atomic E-state index is 0.199. The van der Waals surface area contributed by atoms with Gasteiger partial charge in [-0.25, -0.2) is 4.98 Å². The van der Waals surface area contributed by atoms with Crippen LogP contribution in [0.15, 0.2) is 30.5 Å². The molecule has 4 rings (SSSR count). The van der Waals surface area contributed by atoms with Gasteiger partial charge in [-0.3, -0.25) is 0 Å². The number of aryl methyl sites for hydroxylation is 1. The maximum atomic E-state index is 9.39. The Morgan fingerprint density at radius 2 is 2.25 bits per heavy atom. The Bertz CT molecular complexity index is 778. The minimum Gasteiger partial charge on any atom is -0.452 e. The molecule has 2 aromatic rings. The standard InChI is InChI=1S/C16H13N3O/c1-9-4-3-5-11-13(9)19-15-16(11,2)12-10(8-17)6-7-18-14(12)20-15/h3-7,15,19H,1-2H3/t15-,16+/m0/s1. The lowest BCUT2D eigenvalue weighted by atomic mass is 9.76. The number of benzene rings is 1. The number of para-hydroxylation sites is 1. The van der Waals surface area contributed by atoms with Gasteiger partial charge in [0.15, 0.2) is 6.23 Å². The first-order valence-electron chi connectivity index (χ1n) is 6.59. The van der Waals surface area contributed by atoms with Gasteiger partial charge in [-0.15, -0.1) is 0 Å². The van der Waals surface area contributed by atoms with Crippen molar-refractivity contribution in [2.45, 2.75) is 25.5 Å². The number of hydrogen-bond donors (Lipinski definition) is 1. The topological polar surface area (TPSA) is 57.9 Å². The molecule has 1 N–H and O–H groups in total. The van der Waals surface area contributed by atoms with E-state index in [9.17, 15) is 5.26 Å². The van der Waals surface area contributed by atoms with Crippen LogP contribution in [-0.4, -0.2) is 11.2 Å². The fourth-order valence-corrected chi connectivity index (χ4v) is 3.36. The molecule has 2 aliphatic rings. The third-order valence-corrected chi connectivity index (χ3v) is 4.42. The maximum Gasteiger partial charge on any atom is 0.220 e. The second kappa shape index (κ2) is 3.51. The van der Waals surface area contributed by atoms with Crippen LogP contribution in [0.5, 0.6) is 5.88 Å². The van der Waals surface area contributed by atoms with Crippen molar-refractivity contribution >= 4 is 5.69 Å². The van der Waals surface area contributed by atoms with Gasteiger partial charge in [0, 0.05) is 17.4 Å². The molecule has 0 fully saturated rings. The van der Waals surface area contributed by atoms with Crippen LogP contribution in [0.2, 0.25) is 0 Å². The molecule has 20 heavy (non-hydrogen) atoms. The highest BCUT2D eigenvalue weighted by Crippen LogP contribution is 2.54. The number of anilines is 1. The van der Waals surface area contributed by atoms with E-state index >= 15 is 0 Å². The van der Waals surface area contributed by atoms with Crippen molar-refractivity contribution in [3.05, 3.63) is 52.7 Å². The third-order valence-electron chi connectivity index (χ3n) is 4.42. The summed E-state index contributed by atoms with van der Waals surface area (Å²) in [5.74, 6) is 0.566. The summed E-state index contributed by atoms with van der Waals surface area (Å²) in [5.41, 5.74) is 4.63. The Hall–Kier alpha value is -2.54. The molecule has 0 aliphatic carbocycles. The van der Waals surface area contributed by atoms with E-state index in [2.05, 4.69) is 42.4 Å². The molecule has 0 radical (unpaired) electrons. The zero-order valence-corrected chi connectivity index (χ0v) is 11.3. The lowest BCUT2D eigenvalue weighted by Gasteiger charge is -2.23. The number of nitriles is 1. The van der Waals surface area contributed by atoms with Crippen molar-refractivity contribution in [3.63, 3.8) is 0 Å². The summed E-state index contributed by atoms with van der Waals surface area (Å²) in [5, 5.41) is 12.8. The zero-order valence-electron chi connectivity index (χ0n) is 11.3. The highest BCUT2D eigenvalue weighted by Gasteiger charge is 2.54. The molecule has 2 atom stereocenters. The summed E-state index contributed by atoms with van der Waals surface area (Å²) in [4.78, 5) is 4.28. The molecule has 0 amide bonds. The molecule has 4 heteroatoms. The van der Waals surface area contributed by atoms with Gasteiger partial charge < -0.3 is 10.1 Å². The summed E-state index contributed by atoms with van der Waals surface area (Å²) in [6.07, 6.45) is 1.43. The van der Waals surface area contributed by atoms with Crippen LogP contribution in [0, 0.1) is 18.3 Å². The first kappa shape index (κ1) is 11.3. The van der Waals surface area contributed by atoms with E-state index in [0.717, 1.165) is 11.3 Å². The van der Waals surface area contributed by atoms with Crippen LogP contribution in [-0.2, 0) is 5.41 Å². The van der Waals surface area contributed by atoms with Gasteiger partial charge in [-0.2, -0.15) is 5.26 Å². The lowest BCUT2D eigenvalue weighted by molar-refractivity contribution is 0.211. The van der Waals surface area contributed by atoms with Gasteiger partial charge in [0.25, 0.3) is 0 Å². The van der Waals surface area contributed by atoms with Crippen LogP contribution in [0.4, 0.5) is 5.69 Å². The highest BCUT2D eigenvalue weighted by atomic mass is 16.5. The number of fused-ring (bicyclic) bond motifs is 5. The fourth-order valence-electron chi connectivity index (χ4n) is 3.36. The molecule has 0 saturated carbocycles. The van der Waals surface area contributed by atoms with Gasteiger partial charge in [-0.1, -0.05) is 18.2 Å². The van der Waals surface area contributed by atoms with Crippen molar-refractivity contribution in [2.24, 2.45) is 0 Å². The number of rotatable bonds is 0. The molecule has 0 saturated heterocycles. The van der Waals surface area contributed by atoms with Crippen molar-refractivity contribution in [2.75, 3.05) is 5.32 Å². The van der Waals surface area contributed by atoms with Gasteiger partial charge in [0.1, 0.15) is 0 Å². The Morgan fingerprint density at radius 1 is 1.40 bits per heavy atom. The summed E-state index contributed by atoms with van der Waals surface area (Å²) < 4.78 is 5.94. The van der Waals surface area contributed by atoms with E-state index in [1.54, 1.807) is 12.3 Å². The van der Waals surface area contributed by atoms with Crippen LogP contribution >= 0.6 is 0 Å². The van der Waals surface area contributed by atoms with E-state index < -0.39 is 0 Å². The van der Waals surface area contributed by atoms with Crippen LogP contribution in [0.1, 0.15) is 29.2 Å². The van der Waals surface area contributed by atoms with Gasteiger partial charge in [-0.05, 0) is 31.0 Å². The summed E-state index contributed by atoms with van der Waals surface area (Å²) in [7, 11) is 0. The SMILES string of the molecule is Cc1cccc2c1N[C@H]1Oc3nccc(C#N)c3[C@@]21C. The largest absolute Gasteiger partial charge is 0.452 e. The molecule has 3 heterocycles. The lowest BCUT2D eigenvalue weighted by Crippen LogP contribution is -2.36. The first-order valence-corrected chi connectivity index (χ1v) is 6.59. The molecular formula is C16H13N3O. The third kappa shape index (κ3) is 1.13. The fraction of sp³-hybridized carbons (Fsp3) is 0.250. The number of nitrogens with zero attached hydrogens (tertiary/aromatic N) is 2. The molecule has 98 valence electrons. The summed E-state index contributed by atoms with van der Waals surface area (Å²) >= 11 is 0. The van der Waals surface area contributed by atoms with Gasteiger partial charge in [0.05, 0.1) is 17.0 Å². The molecule has 0 spiro atoms. The number of aromatic nitrogens is 1.